The summed E-state index contributed by atoms with van der Waals surface area (Å²) in [6, 6.07) is 9.23. The van der Waals surface area contributed by atoms with Crippen molar-refractivity contribution in [2.24, 2.45) is 0 Å². The lowest BCUT2D eigenvalue weighted by Crippen LogP contribution is -2.68. The van der Waals surface area contributed by atoms with Crippen LogP contribution in [-0.4, -0.2) is 70.7 Å². The summed E-state index contributed by atoms with van der Waals surface area (Å²) in [5, 5.41) is 10.9. The Morgan fingerprint density at radius 1 is 1.36 bits per heavy atom. The van der Waals surface area contributed by atoms with E-state index in [0.717, 1.165) is 10.5 Å². The Hall–Kier alpha value is -2.33. The third-order valence-corrected chi connectivity index (χ3v) is 5.47. The molecule has 1 N–H and O–H groups in total. The maximum Gasteiger partial charge on any atom is 0.490 e. The number of likely N-dealkylation sites (N-methyl/N-ethyl adjacent to an activating group) is 1. The van der Waals surface area contributed by atoms with Crippen LogP contribution in [0.5, 0.6) is 0 Å². The summed E-state index contributed by atoms with van der Waals surface area (Å²) in [5.74, 6) is -2.39. The highest BCUT2D eigenvalue weighted by atomic mass is 19.4. The van der Waals surface area contributed by atoms with E-state index in [4.69, 9.17) is 9.47 Å². The molecule has 154 valence electrons. The number of esters is 1. The van der Waals surface area contributed by atoms with Gasteiger partial charge in [0.2, 0.25) is 0 Å². The van der Waals surface area contributed by atoms with Gasteiger partial charge in [0.15, 0.2) is 17.4 Å². The van der Waals surface area contributed by atoms with Crippen LogP contribution in [0.1, 0.15) is 18.9 Å². The zero-order chi connectivity index (χ0) is 20.7. The molecule has 2 fully saturated rings. The van der Waals surface area contributed by atoms with Crippen molar-refractivity contribution in [1.82, 2.24) is 9.80 Å². The van der Waals surface area contributed by atoms with E-state index in [-0.39, 0.29) is 13.0 Å². The van der Waals surface area contributed by atoms with Crippen LogP contribution in [0, 0.1) is 0 Å². The van der Waals surface area contributed by atoms with Crippen molar-refractivity contribution in [2.45, 2.75) is 43.5 Å². The second-order valence-corrected chi connectivity index (χ2v) is 7.20. The summed E-state index contributed by atoms with van der Waals surface area (Å²) >= 11 is 0. The fraction of sp³-hybridized carbons (Fsp3) is 0.556. The number of rotatable bonds is 3. The average Bonchev–Trinajstić information content (AvgIpc) is 2.79. The van der Waals surface area contributed by atoms with Gasteiger partial charge in [0, 0.05) is 33.1 Å². The zero-order valence-electron chi connectivity index (χ0n) is 15.4. The Morgan fingerprint density at radius 2 is 2.00 bits per heavy atom. The molecular formula is C18H21F3N2O5. The van der Waals surface area contributed by atoms with Crippen molar-refractivity contribution < 1.29 is 37.3 Å². The van der Waals surface area contributed by atoms with Crippen molar-refractivity contribution in [3.8, 4) is 0 Å². The third-order valence-electron chi connectivity index (χ3n) is 5.47. The molecule has 3 atom stereocenters. The highest BCUT2D eigenvalue weighted by Gasteiger charge is 2.68. The predicted octanol–water partition coefficient (Wildman–Crippen LogP) is 1.90. The Morgan fingerprint density at radius 3 is 2.54 bits per heavy atom. The number of likely N-dealkylation sites (tertiary alicyclic amines) is 1. The van der Waals surface area contributed by atoms with Crippen LogP contribution in [0.15, 0.2) is 30.3 Å². The molecule has 1 aromatic rings. The SMILES string of the molecule is CN1C(=O)OC2(CCN(Cc3ccccc3)CC2OC(=O)C(F)(F)F)C1(C)O. The van der Waals surface area contributed by atoms with E-state index >= 15 is 0 Å². The number of nitrogens with zero attached hydrogens (tertiary/aromatic N) is 2. The Bertz CT molecular complexity index is 755. The molecule has 0 aliphatic carbocycles. The van der Waals surface area contributed by atoms with E-state index in [1.807, 2.05) is 30.3 Å². The molecule has 3 rings (SSSR count). The normalized spacial score (nSPS) is 31.1. The molecule has 0 aromatic heterocycles. The van der Waals surface area contributed by atoms with E-state index in [1.165, 1.54) is 14.0 Å². The number of piperidine rings is 1. The molecule has 0 saturated carbocycles. The van der Waals surface area contributed by atoms with Crippen molar-refractivity contribution in [3.05, 3.63) is 35.9 Å². The number of carbonyl (C=O) groups is 2. The number of amides is 1. The van der Waals surface area contributed by atoms with Crippen LogP contribution >= 0.6 is 0 Å². The van der Waals surface area contributed by atoms with Gasteiger partial charge in [-0.05, 0) is 12.5 Å². The predicted molar refractivity (Wildman–Crippen MR) is 89.9 cm³/mol. The van der Waals surface area contributed by atoms with Gasteiger partial charge in [-0.3, -0.25) is 9.80 Å². The number of carbonyl (C=O) groups excluding carboxylic acids is 2. The first-order chi connectivity index (χ1) is 13.0. The number of ether oxygens (including phenoxy) is 2. The fourth-order valence-corrected chi connectivity index (χ4v) is 3.71. The van der Waals surface area contributed by atoms with Gasteiger partial charge in [0.25, 0.3) is 0 Å². The van der Waals surface area contributed by atoms with E-state index in [1.54, 1.807) is 4.90 Å². The first kappa shape index (κ1) is 20.4. The van der Waals surface area contributed by atoms with Crippen LogP contribution in [0.4, 0.5) is 18.0 Å². The first-order valence-electron chi connectivity index (χ1n) is 8.70. The molecule has 28 heavy (non-hydrogen) atoms. The van der Waals surface area contributed by atoms with E-state index in [9.17, 15) is 27.9 Å². The fourth-order valence-electron chi connectivity index (χ4n) is 3.71. The molecule has 0 radical (unpaired) electrons. The third kappa shape index (κ3) is 3.42. The number of aliphatic hydroxyl groups is 1. The molecule has 2 aliphatic heterocycles. The molecule has 1 spiro atoms. The minimum Gasteiger partial charge on any atom is -0.450 e. The van der Waals surface area contributed by atoms with Crippen LogP contribution in [0.25, 0.3) is 0 Å². The minimum absolute atomic E-state index is 0.00127. The summed E-state index contributed by atoms with van der Waals surface area (Å²) in [6.45, 7) is 1.86. The standard InChI is InChI=1S/C18H21F3N2O5/c1-16(26)17(28-15(25)22(16)2)8-9-23(10-12-6-4-3-5-7-12)11-13(17)27-14(24)18(19,20)21/h3-7,13,26H,8-11H2,1-2H3. The van der Waals surface area contributed by atoms with Gasteiger partial charge < -0.3 is 14.6 Å². The molecular weight excluding hydrogens is 381 g/mol. The second-order valence-electron chi connectivity index (χ2n) is 7.20. The highest BCUT2D eigenvalue weighted by Crippen LogP contribution is 2.45. The van der Waals surface area contributed by atoms with Crippen molar-refractivity contribution in [1.29, 1.82) is 0 Å². The summed E-state index contributed by atoms with van der Waals surface area (Å²) in [7, 11) is 1.27. The largest absolute Gasteiger partial charge is 0.490 e. The van der Waals surface area contributed by atoms with Crippen LogP contribution in [0.2, 0.25) is 0 Å². The summed E-state index contributed by atoms with van der Waals surface area (Å²) < 4.78 is 48.4. The van der Waals surface area contributed by atoms with Crippen molar-refractivity contribution in [2.75, 3.05) is 20.1 Å². The lowest BCUT2D eigenvalue weighted by molar-refractivity contribution is -0.243. The number of halogens is 3. The molecule has 3 unspecified atom stereocenters. The summed E-state index contributed by atoms with van der Waals surface area (Å²) in [4.78, 5) is 26.2. The van der Waals surface area contributed by atoms with Gasteiger partial charge in [0.05, 0.1) is 0 Å². The number of benzene rings is 1. The van der Waals surface area contributed by atoms with Crippen molar-refractivity contribution >= 4 is 12.1 Å². The smallest absolute Gasteiger partial charge is 0.450 e. The second kappa shape index (κ2) is 6.93. The van der Waals surface area contributed by atoms with E-state index in [0.29, 0.717) is 13.1 Å². The topological polar surface area (TPSA) is 79.3 Å². The molecule has 7 nitrogen and oxygen atoms in total. The lowest BCUT2D eigenvalue weighted by Gasteiger charge is -2.48. The molecule has 2 heterocycles. The molecule has 1 amide bonds. The Balaban J connectivity index is 1.88. The highest BCUT2D eigenvalue weighted by molar-refractivity contribution is 5.76. The maximum absolute atomic E-state index is 12.8. The Labute approximate surface area is 159 Å². The van der Waals surface area contributed by atoms with E-state index < -0.39 is 35.7 Å². The number of hydrogen-bond donors (Lipinski definition) is 1. The van der Waals surface area contributed by atoms with Crippen LogP contribution < -0.4 is 0 Å². The summed E-state index contributed by atoms with van der Waals surface area (Å²) in [6.07, 6.45) is -7.60. The molecule has 2 aliphatic rings. The van der Waals surface area contributed by atoms with Crippen LogP contribution in [0.3, 0.4) is 0 Å². The average molecular weight is 402 g/mol. The maximum atomic E-state index is 12.8. The lowest BCUT2D eigenvalue weighted by atomic mass is 9.79. The first-order valence-corrected chi connectivity index (χ1v) is 8.70. The van der Waals surface area contributed by atoms with Gasteiger partial charge in [-0.2, -0.15) is 13.2 Å². The van der Waals surface area contributed by atoms with Crippen LogP contribution in [-0.2, 0) is 20.8 Å². The van der Waals surface area contributed by atoms with E-state index in [2.05, 4.69) is 0 Å². The quantitative estimate of drug-likeness (QED) is 0.778. The molecule has 2 saturated heterocycles. The van der Waals surface area contributed by atoms with Gasteiger partial charge in [-0.1, -0.05) is 30.3 Å². The minimum atomic E-state index is -5.21. The zero-order valence-corrected chi connectivity index (χ0v) is 15.4. The molecule has 0 bridgehead atoms. The van der Waals surface area contributed by atoms with Gasteiger partial charge in [-0.15, -0.1) is 0 Å². The number of hydrogen-bond acceptors (Lipinski definition) is 6. The summed E-state index contributed by atoms with van der Waals surface area (Å²) in [5.41, 5.74) is -2.82. The molecule has 1 aromatic carbocycles. The van der Waals surface area contributed by atoms with Crippen molar-refractivity contribution in [3.63, 3.8) is 0 Å². The van der Waals surface area contributed by atoms with Gasteiger partial charge in [-0.25, -0.2) is 9.59 Å². The Kier molecular flexibility index (Phi) is 5.05. The number of alkyl halides is 3. The molecule has 10 heteroatoms. The monoisotopic (exact) mass is 402 g/mol. The van der Waals surface area contributed by atoms with Gasteiger partial charge >= 0.3 is 18.2 Å². The van der Waals surface area contributed by atoms with Gasteiger partial charge in [0.1, 0.15) is 0 Å².